The fourth-order valence-electron chi connectivity index (χ4n) is 2.81. The monoisotopic (exact) mass is 449 g/mol. The Labute approximate surface area is 189 Å². The molecule has 8 nitrogen and oxygen atoms in total. The first-order chi connectivity index (χ1) is 14.9. The first kappa shape index (κ1) is 28.2. The van der Waals surface area contributed by atoms with Gasteiger partial charge >= 0.3 is 5.97 Å². The number of β-lactam (4-membered cyclic amide) rings is 1. The van der Waals surface area contributed by atoms with Crippen LogP contribution in [-0.4, -0.2) is 38.8 Å². The molecular weight excluding hydrogens is 414 g/mol. The Hall–Kier alpha value is -2.78. The molecule has 2 aliphatic rings. The second-order valence-electron chi connectivity index (χ2n) is 6.17. The number of hydrogen-bond acceptors (Lipinski definition) is 6. The Bertz CT molecular complexity index is 784. The Kier molecular flexibility index (Phi) is 13.7. The van der Waals surface area contributed by atoms with E-state index in [0.717, 1.165) is 17.6 Å². The highest BCUT2D eigenvalue weighted by Gasteiger charge is 2.50. The number of fused-ring (bicyclic) bond motifs is 1. The predicted molar refractivity (Wildman–Crippen MR) is 130 cm³/mol. The van der Waals surface area contributed by atoms with Crippen LogP contribution in [0.1, 0.15) is 41.0 Å². The van der Waals surface area contributed by atoms with Crippen molar-refractivity contribution in [2.45, 2.75) is 46.4 Å². The number of thioether (sulfide) groups is 1. The van der Waals surface area contributed by atoms with E-state index < -0.39 is 5.97 Å². The van der Waals surface area contributed by atoms with Crippen LogP contribution in [0.2, 0.25) is 0 Å². The van der Waals surface area contributed by atoms with Crippen LogP contribution < -0.4 is 17.1 Å². The van der Waals surface area contributed by atoms with E-state index in [0.29, 0.717) is 11.6 Å². The van der Waals surface area contributed by atoms with Crippen LogP contribution >= 0.6 is 11.8 Å². The van der Waals surface area contributed by atoms with Crippen molar-refractivity contribution in [1.82, 2.24) is 10.3 Å². The standard InChI is InChI=1S/C12H15NO3S.C8H14N4.C2H6/c1-3-4-5-8-6-17-11-7(2)10(14)13(11)9(8)12(15)16;1-3-5-7(6-4-2)8(11-9)12-10;1-2/h4-5,7,11H,3,6H2,1-2H3,(H,15,16);3-6H,1,9-10H2,2H3,(H,11,12);1-2H3/b5-4+;6-4-,7-5+;/t7?,11-;;/m1../s1. The summed E-state index contributed by atoms with van der Waals surface area (Å²) in [4.78, 5) is 24.4. The molecule has 1 unspecified atom stereocenters. The third-order valence-corrected chi connectivity index (χ3v) is 5.64. The molecule has 1 fully saturated rings. The Morgan fingerprint density at radius 2 is 2.10 bits per heavy atom. The number of rotatable bonds is 6. The van der Waals surface area contributed by atoms with Crippen LogP contribution in [0.3, 0.4) is 0 Å². The van der Waals surface area contributed by atoms with E-state index >= 15 is 0 Å². The number of nitrogens with two attached hydrogens (primary N) is 2. The molecule has 0 bridgehead atoms. The number of carbonyl (C=O) groups excluding carboxylic acids is 1. The molecule has 0 aliphatic carbocycles. The zero-order valence-corrected chi connectivity index (χ0v) is 19.8. The van der Waals surface area contributed by atoms with Gasteiger partial charge in [-0.05, 0) is 18.9 Å². The van der Waals surface area contributed by atoms with Gasteiger partial charge in [-0.3, -0.25) is 9.69 Å². The lowest BCUT2D eigenvalue weighted by atomic mass is 9.97. The Morgan fingerprint density at radius 1 is 1.45 bits per heavy atom. The fourth-order valence-corrected chi connectivity index (χ4v) is 4.15. The largest absolute Gasteiger partial charge is 0.477 e. The number of aliphatic carboxylic acids is 1. The highest BCUT2D eigenvalue weighted by molar-refractivity contribution is 8.00. The van der Waals surface area contributed by atoms with Crippen molar-refractivity contribution in [3.63, 3.8) is 0 Å². The summed E-state index contributed by atoms with van der Waals surface area (Å²) >= 11 is 1.64. The molecule has 0 radical (unpaired) electrons. The average molecular weight is 450 g/mol. The molecule has 1 saturated heterocycles. The molecule has 0 spiro atoms. The quantitative estimate of drug-likeness (QED) is 0.122. The van der Waals surface area contributed by atoms with E-state index in [1.165, 1.54) is 4.90 Å². The molecule has 0 aromatic heterocycles. The number of carbonyl (C=O) groups is 2. The molecule has 2 rings (SSSR count). The summed E-state index contributed by atoms with van der Waals surface area (Å²) in [6.07, 6.45) is 11.7. The second kappa shape index (κ2) is 15.1. The summed E-state index contributed by atoms with van der Waals surface area (Å²) in [5.74, 6) is 10.2. The maximum Gasteiger partial charge on any atom is 0.352 e. The van der Waals surface area contributed by atoms with E-state index in [1.807, 2.05) is 58.9 Å². The number of hydrazine groups is 1. The molecule has 9 heteroatoms. The minimum atomic E-state index is -1.01. The van der Waals surface area contributed by atoms with Crippen molar-refractivity contribution in [2.24, 2.45) is 22.7 Å². The van der Waals surface area contributed by atoms with Crippen molar-refractivity contribution in [1.29, 1.82) is 0 Å². The van der Waals surface area contributed by atoms with Crippen LogP contribution in [0.25, 0.3) is 0 Å². The Morgan fingerprint density at radius 3 is 2.55 bits per heavy atom. The molecule has 6 N–H and O–H groups in total. The van der Waals surface area contributed by atoms with Gasteiger partial charge in [0.2, 0.25) is 5.91 Å². The van der Waals surface area contributed by atoms with Gasteiger partial charge in [-0.15, -0.1) is 11.8 Å². The predicted octanol–water partition coefficient (Wildman–Crippen LogP) is 3.28. The SMILES string of the molecule is C=C/C=C(\C=C/C)C(=N/N)/NN.CC.CC/C=C/C1=C(C(=O)O)N2C(=O)C(C)[C@H]2SC1. The lowest BCUT2D eigenvalue weighted by molar-refractivity contribution is -0.151. The van der Waals surface area contributed by atoms with Gasteiger partial charge in [0.05, 0.1) is 11.3 Å². The summed E-state index contributed by atoms with van der Waals surface area (Å²) in [6.45, 7) is 13.3. The van der Waals surface area contributed by atoms with Crippen molar-refractivity contribution in [2.75, 3.05) is 5.75 Å². The van der Waals surface area contributed by atoms with Gasteiger partial charge in [0.1, 0.15) is 5.70 Å². The smallest absolute Gasteiger partial charge is 0.352 e. The highest BCUT2D eigenvalue weighted by Crippen LogP contribution is 2.43. The molecule has 31 heavy (non-hydrogen) atoms. The fraction of sp³-hybridized carbons (Fsp3) is 0.409. The van der Waals surface area contributed by atoms with Crippen molar-refractivity contribution < 1.29 is 14.7 Å². The van der Waals surface area contributed by atoms with E-state index in [1.54, 1.807) is 23.9 Å². The molecule has 0 saturated carbocycles. The van der Waals surface area contributed by atoms with Gasteiger partial charge in [0, 0.05) is 11.3 Å². The molecule has 2 atom stereocenters. The van der Waals surface area contributed by atoms with Gasteiger partial charge in [0.15, 0.2) is 5.84 Å². The number of nitrogens with zero attached hydrogens (tertiary/aromatic N) is 2. The second-order valence-corrected chi connectivity index (χ2v) is 7.27. The van der Waals surface area contributed by atoms with Gasteiger partial charge in [-0.2, -0.15) is 5.10 Å². The Balaban J connectivity index is 0.000000570. The normalized spacial score (nSPS) is 21.0. The minimum absolute atomic E-state index is 0.00683. The summed E-state index contributed by atoms with van der Waals surface area (Å²) in [5, 5.41) is 12.7. The van der Waals surface area contributed by atoms with Gasteiger partial charge in [0.25, 0.3) is 0 Å². The number of hydrazone groups is 1. The lowest BCUT2D eigenvalue weighted by Gasteiger charge is -2.48. The van der Waals surface area contributed by atoms with Crippen LogP contribution in [-0.2, 0) is 9.59 Å². The molecular formula is C22H35N5O3S. The number of hydrogen-bond donors (Lipinski definition) is 4. The summed E-state index contributed by atoms with van der Waals surface area (Å²) in [5.41, 5.74) is 4.07. The number of amides is 1. The van der Waals surface area contributed by atoms with Gasteiger partial charge < -0.3 is 16.4 Å². The first-order valence-electron chi connectivity index (χ1n) is 10.2. The van der Waals surface area contributed by atoms with E-state index in [4.69, 9.17) is 11.7 Å². The lowest BCUT2D eigenvalue weighted by Crippen LogP contribution is -2.60. The summed E-state index contributed by atoms with van der Waals surface area (Å²) in [6, 6.07) is 0. The van der Waals surface area contributed by atoms with Crippen LogP contribution in [0.4, 0.5) is 0 Å². The van der Waals surface area contributed by atoms with Crippen molar-refractivity contribution in [3.8, 4) is 0 Å². The zero-order valence-electron chi connectivity index (χ0n) is 19.0. The molecule has 0 aromatic carbocycles. The summed E-state index contributed by atoms with van der Waals surface area (Å²) in [7, 11) is 0. The molecule has 172 valence electrons. The first-order valence-corrected chi connectivity index (χ1v) is 11.2. The van der Waals surface area contributed by atoms with E-state index in [-0.39, 0.29) is 22.9 Å². The molecule has 2 heterocycles. The number of nitrogens with one attached hydrogen (secondary N) is 1. The maximum atomic E-state index is 11.7. The third kappa shape index (κ3) is 7.45. The number of amidine groups is 1. The zero-order chi connectivity index (χ0) is 24.0. The van der Waals surface area contributed by atoms with Gasteiger partial charge in [-0.25, -0.2) is 10.6 Å². The number of allylic oxidation sites excluding steroid dienone is 5. The molecule has 1 amide bonds. The van der Waals surface area contributed by atoms with Gasteiger partial charge in [-0.1, -0.05) is 70.7 Å². The third-order valence-electron chi connectivity index (χ3n) is 4.20. The average Bonchev–Trinajstić information content (AvgIpc) is 2.79. The highest BCUT2D eigenvalue weighted by atomic mass is 32.2. The maximum absolute atomic E-state index is 11.7. The molecule has 0 aromatic rings. The summed E-state index contributed by atoms with van der Waals surface area (Å²) < 4.78 is 0. The number of carboxylic acid groups (broad SMARTS) is 1. The van der Waals surface area contributed by atoms with E-state index in [9.17, 15) is 14.7 Å². The van der Waals surface area contributed by atoms with Crippen LogP contribution in [0.15, 0.2) is 65.0 Å². The van der Waals surface area contributed by atoms with Crippen molar-refractivity contribution in [3.05, 3.63) is 59.9 Å². The minimum Gasteiger partial charge on any atom is -0.477 e. The topological polar surface area (TPSA) is 134 Å². The van der Waals surface area contributed by atoms with E-state index in [2.05, 4.69) is 17.1 Å². The van der Waals surface area contributed by atoms with Crippen LogP contribution in [0.5, 0.6) is 0 Å². The number of carboxylic acids is 1. The van der Waals surface area contributed by atoms with Crippen LogP contribution in [0, 0.1) is 5.92 Å². The molecule has 2 aliphatic heterocycles. The van der Waals surface area contributed by atoms with Crippen molar-refractivity contribution >= 4 is 29.5 Å².